The van der Waals surface area contributed by atoms with Gasteiger partial charge in [-0.15, -0.1) is 0 Å². The van der Waals surface area contributed by atoms with Crippen LogP contribution in [0.4, 0.5) is 4.79 Å². The highest BCUT2D eigenvalue weighted by Crippen LogP contribution is 1.98. The molecule has 0 aromatic rings. The Balaban J connectivity index is 3.89. The van der Waals surface area contributed by atoms with Crippen LogP contribution in [-0.4, -0.2) is 49.3 Å². The lowest BCUT2D eigenvalue weighted by atomic mass is 10.1. The molecule has 0 aliphatic carbocycles. The maximum atomic E-state index is 11.4. The van der Waals surface area contributed by atoms with Gasteiger partial charge < -0.3 is 26.2 Å². The summed E-state index contributed by atoms with van der Waals surface area (Å²) in [7, 11) is 1.52. The van der Waals surface area contributed by atoms with E-state index in [0.717, 1.165) is 0 Å². The zero-order chi connectivity index (χ0) is 14.7. The Kier molecular flexibility index (Phi) is 9.15. The summed E-state index contributed by atoms with van der Waals surface area (Å²) >= 11 is 0. The standard InChI is InChI=1S/C11H21N3O5/c1-19-7-3-4-8(10(16)17)14-11(18)13-6-2-5-9(12)15/h8H,2-7H2,1H3,(H2,12,15)(H,16,17)(H2,13,14,18). The van der Waals surface area contributed by atoms with Crippen LogP contribution in [0.5, 0.6) is 0 Å². The molecule has 0 heterocycles. The molecule has 1 atom stereocenters. The largest absolute Gasteiger partial charge is 0.480 e. The average molecular weight is 275 g/mol. The van der Waals surface area contributed by atoms with Gasteiger partial charge in [0.05, 0.1) is 0 Å². The van der Waals surface area contributed by atoms with Gasteiger partial charge in [0.25, 0.3) is 0 Å². The van der Waals surface area contributed by atoms with Crippen LogP contribution in [0, 0.1) is 0 Å². The van der Waals surface area contributed by atoms with Crippen molar-refractivity contribution in [1.82, 2.24) is 10.6 Å². The number of aliphatic carboxylic acids is 1. The molecular formula is C11H21N3O5. The molecule has 0 bridgehead atoms. The van der Waals surface area contributed by atoms with E-state index >= 15 is 0 Å². The second-order valence-electron chi connectivity index (χ2n) is 4.00. The Hall–Kier alpha value is -1.83. The summed E-state index contributed by atoms with van der Waals surface area (Å²) in [4.78, 5) is 32.8. The van der Waals surface area contributed by atoms with Crippen LogP contribution < -0.4 is 16.4 Å². The molecule has 8 heteroatoms. The van der Waals surface area contributed by atoms with Crippen molar-refractivity contribution >= 4 is 17.9 Å². The highest BCUT2D eigenvalue weighted by Gasteiger charge is 2.18. The van der Waals surface area contributed by atoms with E-state index in [2.05, 4.69) is 10.6 Å². The average Bonchev–Trinajstić information content (AvgIpc) is 2.33. The van der Waals surface area contributed by atoms with Gasteiger partial charge in [-0.1, -0.05) is 0 Å². The van der Waals surface area contributed by atoms with Crippen LogP contribution in [0.2, 0.25) is 0 Å². The van der Waals surface area contributed by atoms with Crippen molar-refractivity contribution in [2.45, 2.75) is 31.7 Å². The molecule has 19 heavy (non-hydrogen) atoms. The van der Waals surface area contributed by atoms with Gasteiger partial charge in [-0.2, -0.15) is 0 Å². The van der Waals surface area contributed by atoms with E-state index < -0.39 is 23.9 Å². The Morgan fingerprint density at radius 1 is 1.32 bits per heavy atom. The van der Waals surface area contributed by atoms with Crippen molar-refractivity contribution in [1.29, 1.82) is 0 Å². The van der Waals surface area contributed by atoms with E-state index in [9.17, 15) is 14.4 Å². The second kappa shape index (κ2) is 10.1. The van der Waals surface area contributed by atoms with Crippen LogP contribution >= 0.6 is 0 Å². The minimum atomic E-state index is -1.09. The molecule has 1 unspecified atom stereocenters. The van der Waals surface area contributed by atoms with Crippen LogP contribution in [0.15, 0.2) is 0 Å². The number of methoxy groups -OCH3 is 1. The highest BCUT2D eigenvalue weighted by molar-refractivity contribution is 5.82. The molecular weight excluding hydrogens is 254 g/mol. The van der Waals surface area contributed by atoms with Gasteiger partial charge in [0.15, 0.2) is 0 Å². The molecule has 0 aromatic heterocycles. The maximum Gasteiger partial charge on any atom is 0.326 e. The number of carboxylic acids is 1. The van der Waals surface area contributed by atoms with Crippen molar-refractivity contribution in [3.05, 3.63) is 0 Å². The number of ether oxygens (including phenoxy) is 1. The van der Waals surface area contributed by atoms with Crippen LogP contribution in [0.25, 0.3) is 0 Å². The molecule has 3 amide bonds. The quantitative estimate of drug-likeness (QED) is 0.397. The first-order valence-electron chi connectivity index (χ1n) is 6.01. The van der Waals surface area contributed by atoms with E-state index in [1.54, 1.807) is 0 Å². The summed E-state index contributed by atoms with van der Waals surface area (Å²) < 4.78 is 4.81. The van der Waals surface area contributed by atoms with E-state index in [1.165, 1.54) is 7.11 Å². The molecule has 0 fully saturated rings. The van der Waals surface area contributed by atoms with Crippen LogP contribution in [-0.2, 0) is 14.3 Å². The lowest BCUT2D eigenvalue weighted by Crippen LogP contribution is -2.46. The van der Waals surface area contributed by atoms with Gasteiger partial charge >= 0.3 is 12.0 Å². The van der Waals surface area contributed by atoms with Crippen molar-refractivity contribution in [3.63, 3.8) is 0 Å². The molecule has 8 nitrogen and oxygen atoms in total. The predicted octanol–water partition coefficient (Wildman–Crippen LogP) is -0.569. The Labute approximate surface area is 111 Å². The van der Waals surface area contributed by atoms with Crippen LogP contribution in [0.1, 0.15) is 25.7 Å². The number of nitrogens with one attached hydrogen (secondary N) is 2. The summed E-state index contributed by atoms with van der Waals surface area (Å²) in [5.41, 5.74) is 4.94. The molecule has 0 saturated carbocycles. The van der Waals surface area contributed by atoms with Crippen molar-refractivity contribution in [2.24, 2.45) is 5.73 Å². The monoisotopic (exact) mass is 275 g/mol. The number of urea groups is 1. The minimum absolute atomic E-state index is 0.177. The molecule has 0 aliphatic heterocycles. The molecule has 5 N–H and O–H groups in total. The summed E-state index contributed by atoms with van der Waals surface area (Å²) in [6, 6.07) is -1.53. The maximum absolute atomic E-state index is 11.4. The second-order valence-corrected chi connectivity index (χ2v) is 4.00. The highest BCUT2D eigenvalue weighted by atomic mass is 16.5. The number of carboxylic acid groups (broad SMARTS) is 1. The first-order chi connectivity index (χ1) is 8.97. The van der Waals surface area contributed by atoms with Gasteiger partial charge in [0.1, 0.15) is 6.04 Å². The fourth-order valence-electron chi connectivity index (χ4n) is 1.36. The lowest BCUT2D eigenvalue weighted by molar-refractivity contribution is -0.139. The third kappa shape index (κ3) is 9.83. The Morgan fingerprint density at radius 2 is 2.00 bits per heavy atom. The van der Waals surface area contributed by atoms with Gasteiger partial charge in [-0.25, -0.2) is 9.59 Å². The molecule has 0 spiro atoms. The number of rotatable bonds is 10. The first kappa shape index (κ1) is 17.2. The summed E-state index contributed by atoms with van der Waals surface area (Å²) in [6.07, 6.45) is 1.42. The number of hydrogen-bond donors (Lipinski definition) is 4. The molecule has 0 saturated heterocycles. The van der Waals surface area contributed by atoms with Crippen molar-refractivity contribution in [2.75, 3.05) is 20.3 Å². The lowest BCUT2D eigenvalue weighted by Gasteiger charge is -2.14. The third-order valence-corrected chi connectivity index (χ3v) is 2.33. The Bertz CT molecular complexity index is 309. The zero-order valence-electron chi connectivity index (χ0n) is 11.0. The predicted molar refractivity (Wildman–Crippen MR) is 67.5 cm³/mol. The molecule has 0 aliphatic rings. The number of hydrogen-bond acceptors (Lipinski definition) is 4. The van der Waals surface area contributed by atoms with Gasteiger partial charge in [0, 0.05) is 26.7 Å². The van der Waals surface area contributed by atoms with E-state index in [1.807, 2.05) is 0 Å². The number of primary amides is 1. The summed E-state index contributed by atoms with van der Waals surface area (Å²) in [5.74, 6) is -1.53. The van der Waals surface area contributed by atoms with E-state index in [4.69, 9.17) is 15.6 Å². The first-order valence-corrected chi connectivity index (χ1v) is 6.01. The number of carbonyl (C=O) groups is 3. The number of nitrogens with two attached hydrogens (primary N) is 1. The summed E-state index contributed by atoms with van der Waals surface area (Å²) in [5, 5.41) is 13.7. The number of amides is 3. The molecule has 0 radical (unpaired) electrons. The topological polar surface area (TPSA) is 131 Å². The smallest absolute Gasteiger partial charge is 0.326 e. The summed E-state index contributed by atoms with van der Waals surface area (Å²) in [6.45, 7) is 0.699. The van der Waals surface area contributed by atoms with Gasteiger partial charge in [-0.05, 0) is 19.3 Å². The van der Waals surface area contributed by atoms with Crippen molar-refractivity contribution in [3.8, 4) is 0 Å². The molecule has 110 valence electrons. The van der Waals surface area contributed by atoms with Crippen molar-refractivity contribution < 1.29 is 24.2 Å². The third-order valence-electron chi connectivity index (χ3n) is 2.33. The van der Waals surface area contributed by atoms with E-state index in [0.29, 0.717) is 19.4 Å². The fourth-order valence-corrected chi connectivity index (χ4v) is 1.36. The Morgan fingerprint density at radius 3 is 2.53 bits per heavy atom. The SMILES string of the molecule is COCCCC(NC(=O)NCCCC(N)=O)C(=O)O. The normalized spacial score (nSPS) is 11.6. The minimum Gasteiger partial charge on any atom is -0.480 e. The van der Waals surface area contributed by atoms with Gasteiger partial charge in [-0.3, -0.25) is 4.79 Å². The molecule has 0 aromatic carbocycles. The van der Waals surface area contributed by atoms with Gasteiger partial charge in [0.2, 0.25) is 5.91 Å². The molecule has 0 rings (SSSR count). The number of carbonyl (C=O) groups excluding carboxylic acids is 2. The fraction of sp³-hybridized carbons (Fsp3) is 0.727. The van der Waals surface area contributed by atoms with Crippen LogP contribution in [0.3, 0.4) is 0 Å². The zero-order valence-corrected chi connectivity index (χ0v) is 11.0. The van der Waals surface area contributed by atoms with E-state index in [-0.39, 0.29) is 19.4 Å².